The van der Waals surface area contributed by atoms with Gasteiger partial charge in [0.1, 0.15) is 4.49 Å². The van der Waals surface area contributed by atoms with Crippen LogP contribution in [0, 0.1) is 0 Å². The van der Waals surface area contributed by atoms with Gasteiger partial charge in [-0.15, -0.1) is 23.2 Å². The molecule has 0 saturated carbocycles. The van der Waals surface area contributed by atoms with Crippen molar-refractivity contribution in [1.29, 1.82) is 0 Å². The topological polar surface area (TPSA) is 0 Å². The van der Waals surface area contributed by atoms with E-state index in [2.05, 4.69) is 0 Å². The monoisotopic (exact) mass is 206 g/mol. The van der Waals surface area contributed by atoms with Gasteiger partial charge in [-0.25, -0.2) is 0 Å². The van der Waals surface area contributed by atoms with Crippen molar-refractivity contribution in [3.63, 3.8) is 0 Å². The molecule has 0 nitrogen and oxygen atoms in total. The van der Waals surface area contributed by atoms with Crippen molar-refractivity contribution < 1.29 is 0 Å². The summed E-state index contributed by atoms with van der Waals surface area (Å²) in [6.45, 7) is 1.77. The van der Waals surface area contributed by atoms with E-state index in [0.29, 0.717) is 0 Å². The molecule has 0 aliphatic carbocycles. The van der Waals surface area contributed by atoms with E-state index in [9.17, 15) is 0 Å². The van der Waals surface area contributed by atoms with E-state index < -0.39 is 0 Å². The van der Waals surface area contributed by atoms with E-state index in [1.165, 1.54) is 6.08 Å². The van der Waals surface area contributed by atoms with Gasteiger partial charge in [0.05, 0.1) is 10.8 Å². The lowest BCUT2D eigenvalue weighted by Gasteiger charge is -2.03. The van der Waals surface area contributed by atoms with E-state index in [-0.39, 0.29) is 15.2 Å². The summed E-state index contributed by atoms with van der Waals surface area (Å²) in [4.78, 5) is 0. The Morgan fingerprint density at radius 1 is 1.33 bits per heavy atom. The van der Waals surface area contributed by atoms with Crippen LogP contribution in [0.25, 0.3) is 0 Å². The van der Waals surface area contributed by atoms with Gasteiger partial charge in [0, 0.05) is 0 Å². The van der Waals surface area contributed by atoms with Crippen molar-refractivity contribution in [1.82, 2.24) is 0 Å². The molecule has 0 aromatic heterocycles. The second kappa shape index (κ2) is 4.68. The summed E-state index contributed by atoms with van der Waals surface area (Å²) >= 11 is 21.8. The van der Waals surface area contributed by atoms with Gasteiger partial charge in [-0.3, -0.25) is 0 Å². The average Bonchev–Trinajstić information content (AvgIpc) is 1.63. The first-order valence-corrected chi connectivity index (χ1v) is 3.98. The largest absolute Gasteiger partial charge is 0.121 e. The van der Waals surface area contributed by atoms with Crippen molar-refractivity contribution in [2.75, 3.05) is 0 Å². The van der Waals surface area contributed by atoms with Crippen LogP contribution in [0.5, 0.6) is 0 Å². The molecular weight excluding hydrogens is 202 g/mol. The molecule has 0 rings (SSSR count). The minimum atomic E-state index is -0.295. The Hall–Kier alpha value is 0.900. The highest BCUT2D eigenvalue weighted by atomic mass is 35.5. The normalized spacial score (nSPS) is 16.6. The summed E-state index contributed by atoms with van der Waals surface area (Å²) in [5, 5.41) is -0.448. The molecule has 0 fully saturated rings. The van der Waals surface area contributed by atoms with Crippen molar-refractivity contribution in [2.45, 2.75) is 17.7 Å². The van der Waals surface area contributed by atoms with Crippen LogP contribution < -0.4 is 0 Å². The Morgan fingerprint density at radius 2 is 1.78 bits per heavy atom. The molecule has 0 bridgehead atoms. The Bertz CT molecular complexity index is 104. The zero-order valence-electron chi connectivity index (χ0n) is 4.74. The van der Waals surface area contributed by atoms with Gasteiger partial charge in [0.2, 0.25) is 0 Å². The number of rotatable bonds is 2. The first-order valence-electron chi connectivity index (χ1n) is 2.35. The summed E-state index contributed by atoms with van der Waals surface area (Å²) in [6.07, 6.45) is 1.49. The van der Waals surface area contributed by atoms with Crippen molar-refractivity contribution in [3.05, 3.63) is 10.6 Å². The molecule has 0 aromatic carbocycles. The lowest BCUT2D eigenvalue weighted by atomic mass is 10.3. The maximum Gasteiger partial charge on any atom is 0.104 e. The maximum absolute atomic E-state index is 5.63. The molecule has 0 N–H and O–H groups in total. The molecular formula is C5H6Cl4. The fourth-order valence-electron chi connectivity index (χ4n) is 0.253. The van der Waals surface area contributed by atoms with Crippen LogP contribution >= 0.6 is 46.4 Å². The second-order valence-electron chi connectivity index (χ2n) is 1.58. The van der Waals surface area contributed by atoms with Crippen LogP contribution in [-0.4, -0.2) is 10.8 Å². The lowest BCUT2D eigenvalue weighted by molar-refractivity contribution is 0.976. The SMILES string of the molecule is C[C@H](Cl)[C@@H](Cl)C=C(Cl)Cl. The molecule has 54 valence electrons. The van der Waals surface area contributed by atoms with Crippen molar-refractivity contribution in [3.8, 4) is 0 Å². The molecule has 0 heterocycles. The third-order valence-corrected chi connectivity index (χ3v) is 1.88. The predicted octanol–water partition coefficient (Wildman–Crippen LogP) is 3.54. The van der Waals surface area contributed by atoms with Gasteiger partial charge >= 0.3 is 0 Å². The van der Waals surface area contributed by atoms with Gasteiger partial charge in [-0.1, -0.05) is 23.2 Å². The quantitative estimate of drug-likeness (QED) is 0.608. The molecule has 2 atom stereocenters. The van der Waals surface area contributed by atoms with Gasteiger partial charge in [0.15, 0.2) is 0 Å². The molecule has 0 aliphatic heterocycles. The second-order valence-corrected chi connectivity index (χ2v) is 3.78. The minimum Gasteiger partial charge on any atom is -0.121 e. The summed E-state index contributed by atoms with van der Waals surface area (Å²) in [5.74, 6) is 0. The summed E-state index contributed by atoms with van der Waals surface area (Å²) in [7, 11) is 0. The van der Waals surface area contributed by atoms with E-state index >= 15 is 0 Å². The van der Waals surface area contributed by atoms with E-state index in [4.69, 9.17) is 46.4 Å². The van der Waals surface area contributed by atoms with Crippen LogP contribution in [0.3, 0.4) is 0 Å². The number of alkyl halides is 2. The summed E-state index contributed by atoms with van der Waals surface area (Å²) in [5.41, 5.74) is 0. The Balaban J connectivity index is 3.76. The van der Waals surface area contributed by atoms with Crippen LogP contribution in [-0.2, 0) is 0 Å². The molecule has 4 heteroatoms. The highest BCUT2D eigenvalue weighted by molar-refractivity contribution is 6.56. The van der Waals surface area contributed by atoms with Gasteiger partial charge in [0.25, 0.3) is 0 Å². The van der Waals surface area contributed by atoms with Crippen LogP contribution in [0.15, 0.2) is 10.6 Å². The fraction of sp³-hybridized carbons (Fsp3) is 0.600. The molecule has 0 unspecified atom stereocenters. The van der Waals surface area contributed by atoms with Gasteiger partial charge < -0.3 is 0 Å². The minimum absolute atomic E-state index is 0.154. The van der Waals surface area contributed by atoms with E-state index in [1.54, 1.807) is 6.92 Å². The summed E-state index contributed by atoms with van der Waals surface area (Å²) < 4.78 is 0.155. The third kappa shape index (κ3) is 5.35. The first-order chi connectivity index (χ1) is 4.04. The highest BCUT2D eigenvalue weighted by Gasteiger charge is 2.07. The van der Waals surface area contributed by atoms with Crippen LogP contribution in [0.4, 0.5) is 0 Å². The van der Waals surface area contributed by atoms with Crippen LogP contribution in [0.2, 0.25) is 0 Å². The standard InChI is InChI=1S/C5H6Cl4/c1-3(6)4(7)2-5(8)9/h2-4H,1H3/t3-,4-/m0/s1. The maximum atomic E-state index is 5.63. The predicted molar refractivity (Wildman–Crippen MR) is 44.7 cm³/mol. The Labute approximate surface area is 74.7 Å². The average molecular weight is 208 g/mol. The van der Waals surface area contributed by atoms with Crippen LogP contribution in [0.1, 0.15) is 6.92 Å². The van der Waals surface area contributed by atoms with Crippen molar-refractivity contribution in [2.24, 2.45) is 0 Å². The summed E-state index contributed by atoms with van der Waals surface area (Å²) in [6, 6.07) is 0. The molecule has 0 aliphatic rings. The molecule has 9 heavy (non-hydrogen) atoms. The van der Waals surface area contributed by atoms with Gasteiger partial charge in [-0.05, 0) is 13.0 Å². The first kappa shape index (κ1) is 9.90. The lowest BCUT2D eigenvalue weighted by Crippen LogP contribution is -2.06. The zero-order valence-corrected chi connectivity index (χ0v) is 7.77. The molecule has 0 radical (unpaired) electrons. The smallest absolute Gasteiger partial charge is 0.104 e. The Morgan fingerprint density at radius 3 is 1.89 bits per heavy atom. The number of hydrogen-bond acceptors (Lipinski definition) is 0. The number of halogens is 4. The zero-order chi connectivity index (χ0) is 7.44. The van der Waals surface area contributed by atoms with E-state index in [1.807, 2.05) is 0 Å². The van der Waals surface area contributed by atoms with Gasteiger partial charge in [-0.2, -0.15) is 0 Å². The highest BCUT2D eigenvalue weighted by Crippen LogP contribution is 2.16. The molecule has 0 amide bonds. The molecule has 0 aromatic rings. The molecule has 0 saturated heterocycles. The third-order valence-electron chi connectivity index (χ3n) is 0.724. The number of hydrogen-bond donors (Lipinski definition) is 0. The Kier molecular flexibility index (Phi) is 5.14. The number of allylic oxidation sites excluding steroid dienone is 1. The molecule has 0 spiro atoms. The van der Waals surface area contributed by atoms with Crippen molar-refractivity contribution >= 4 is 46.4 Å². The van der Waals surface area contributed by atoms with E-state index in [0.717, 1.165) is 0 Å². The fourth-order valence-corrected chi connectivity index (χ4v) is 0.852.